The minimum absolute atomic E-state index is 0.167. The molecule has 2 N–H and O–H groups in total. The van der Waals surface area contributed by atoms with E-state index in [0.717, 1.165) is 28.0 Å². The smallest absolute Gasteiger partial charge is 0.255 e. The number of aromatic nitrogens is 1. The Morgan fingerprint density at radius 3 is 2.48 bits per heavy atom. The summed E-state index contributed by atoms with van der Waals surface area (Å²) in [5, 5.41) is 4.03. The van der Waals surface area contributed by atoms with Gasteiger partial charge in [-0.25, -0.2) is 0 Å². The molecule has 0 unspecified atom stereocenters. The molecule has 1 aromatic heterocycles. The van der Waals surface area contributed by atoms with Crippen LogP contribution in [0.15, 0.2) is 72.8 Å². The topological polar surface area (TPSA) is 54.1 Å². The fraction of sp³-hybridized carbons (Fsp3) is 0.0870. The number of hydrogen-bond donors (Lipinski definition) is 2. The molecule has 134 valence electrons. The van der Waals surface area contributed by atoms with Crippen LogP contribution in [0.2, 0.25) is 0 Å². The van der Waals surface area contributed by atoms with Crippen LogP contribution < -0.4 is 10.1 Å². The number of benzene rings is 3. The maximum absolute atomic E-state index is 12.5. The lowest BCUT2D eigenvalue weighted by Gasteiger charge is -2.09. The van der Waals surface area contributed by atoms with Gasteiger partial charge in [0.15, 0.2) is 0 Å². The maximum Gasteiger partial charge on any atom is 0.255 e. The van der Waals surface area contributed by atoms with Crippen molar-refractivity contribution in [2.45, 2.75) is 13.8 Å². The third kappa shape index (κ3) is 3.55. The van der Waals surface area contributed by atoms with E-state index in [1.54, 1.807) is 12.1 Å². The lowest BCUT2D eigenvalue weighted by atomic mass is 10.1. The van der Waals surface area contributed by atoms with E-state index in [2.05, 4.69) is 24.1 Å². The zero-order chi connectivity index (χ0) is 18.8. The van der Waals surface area contributed by atoms with Crippen LogP contribution in [0.25, 0.3) is 10.9 Å². The molecule has 1 heterocycles. The lowest BCUT2D eigenvalue weighted by Crippen LogP contribution is -2.11. The molecule has 0 bridgehead atoms. The van der Waals surface area contributed by atoms with Gasteiger partial charge in [0.1, 0.15) is 11.5 Å². The highest BCUT2D eigenvalue weighted by Crippen LogP contribution is 2.29. The molecular formula is C23H20N2O2. The lowest BCUT2D eigenvalue weighted by molar-refractivity contribution is 0.102. The first kappa shape index (κ1) is 16.9. The van der Waals surface area contributed by atoms with Crippen LogP contribution in [0.1, 0.15) is 21.6 Å². The number of carbonyl (C=O) groups excluding carboxylic acids is 1. The zero-order valence-corrected chi connectivity index (χ0v) is 15.2. The molecule has 0 aliphatic carbocycles. The summed E-state index contributed by atoms with van der Waals surface area (Å²) >= 11 is 0. The van der Waals surface area contributed by atoms with E-state index in [1.165, 1.54) is 5.56 Å². The first-order chi connectivity index (χ1) is 13.1. The number of H-pyrrole nitrogens is 1. The summed E-state index contributed by atoms with van der Waals surface area (Å²) in [5.74, 6) is 1.20. The van der Waals surface area contributed by atoms with Crippen LogP contribution in [0.4, 0.5) is 5.69 Å². The van der Waals surface area contributed by atoms with Gasteiger partial charge in [-0.05, 0) is 67.9 Å². The Bertz CT molecular complexity index is 1110. The molecular weight excluding hydrogens is 336 g/mol. The Kier molecular flexibility index (Phi) is 4.38. The van der Waals surface area contributed by atoms with Crippen molar-refractivity contribution in [1.82, 2.24) is 4.98 Å². The summed E-state index contributed by atoms with van der Waals surface area (Å²) < 4.78 is 6.00. The minimum atomic E-state index is -0.167. The van der Waals surface area contributed by atoms with Crippen LogP contribution >= 0.6 is 0 Å². The zero-order valence-electron chi connectivity index (χ0n) is 15.2. The molecule has 4 heteroatoms. The number of ether oxygens (including phenoxy) is 1. The minimum Gasteiger partial charge on any atom is -0.457 e. The normalized spacial score (nSPS) is 10.7. The molecule has 0 saturated heterocycles. The maximum atomic E-state index is 12.5. The summed E-state index contributed by atoms with van der Waals surface area (Å²) in [6, 6.07) is 22.5. The van der Waals surface area contributed by atoms with Gasteiger partial charge in [-0.3, -0.25) is 4.79 Å². The van der Waals surface area contributed by atoms with Crippen LogP contribution in [-0.4, -0.2) is 10.9 Å². The SMILES string of the molecule is Cc1[nH]c2ccc(Oc3cccc(C(=O)Nc4ccccc4)c3)cc2c1C. The standard InChI is InChI=1S/C23H20N2O2/c1-15-16(2)24-22-12-11-20(14-21(15)22)27-19-10-6-7-17(13-19)23(26)25-18-8-4-3-5-9-18/h3-14,24H,1-2H3,(H,25,26). The average molecular weight is 356 g/mol. The molecule has 4 rings (SSSR count). The van der Waals surface area contributed by atoms with Crippen molar-refractivity contribution in [3.63, 3.8) is 0 Å². The van der Waals surface area contributed by atoms with Gasteiger partial charge in [0.25, 0.3) is 5.91 Å². The number of anilines is 1. The Balaban J connectivity index is 1.56. The Morgan fingerprint density at radius 1 is 0.889 bits per heavy atom. The molecule has 0 atom stereocenters. The predicted molar refractivity (Wildman–Crippen MR) is 109 cm³/mol. The molecule has 0 fully saturated rings. The van der Waals surface area contributed by atoms with E-state index >= 15 is 0 Å². The van der Waals surface area contributed by atoms with E-state index in [9.17, 15) is 4.79 Å². The second kappa shape index (κ2) is 7.00. The van der Waals surface area contributed by atoms with Crippen molar-refractivity contribution in [1.29, 1.82) is 0 Å². The van der Waals surface area contributed by atoms with Gasteiger partial charge < -0.3 is 15.0 Å². The van der Waals surface area contributed by atoms with Gasteiger partial charge in [-0.15, -0.1) is 0 Å². The van der Waals surface area contributed by atoms with Crippen LogP contribution in [-0.2, 0) is 0 Å². The number of aryl methyl sites for hydroxylation is 2. The molecule has 0 radical (unpaired) electrons. The number of hydrogen-bond acceptors (Lipinski definition) is 2. The third-order valence-electron chi connectivity index (χ3n) is 4.64. The average Bonchev–Trinajstić information content (AvgIpc) is 2.97. The predicted octanol–water partition coefficient (Wildman–Crippen LogP) is 5.83. The first-order valence-corrected chi connectivity index (χ1v) is 8.83. The van der Waals surface area contributed by atoms with E-state index in [1.807, 2.05) is 60.7 Å². The van der Waals surface area contributed by atoms with E-state index in [-0.39, 0.29) is 5.91 Å². The second-order valence-electron chi connectivity index (χ2n) is 6.53. The van der Waals surface area contributed by atoms with Gasteiger partial charge in [0, 0.05) is 27.8 Å². The molecule has 1 amide bonds. The van der Waals surface area contributed by atoms with Gasteiger partial charge in [-0.1, -0.05) is 24.3 Å². The highest BCUT2D eigenvalue weighted by atomic mass is 16.5. The fourth-order valence-corrected chi connectivity index (χ4v) is 3.07. The highest BCUT2D eigenvalue weighted by molar-refractivity contribution is 6.04. The summed E-state index contributed by atoms with van der Waals surface area (Å²) in [4.78, 5) is 15.8. The molecule has 0 aliphatic rings. The number of fused-ring (bicyclic) bond motifs is 1. The number of rotatable bonds is 4. The van der Waals surface area contributed by atoms with Crippen molar-refractivity contribution in [3.8, 4) is 11.5 Å². The Labute approximate surface area is 157 Å². The monoisotopic (exact) mass is 356 g/mol. The van der Waals surface area contributed by atoms with E-state index in [0.29, 0.717) is 11.3 Å². The highest BCUT2D eigenvalue weighted by Gasteiger charge is 2.09. The largest absolute Gasteiger partial charge is 0.457 e. The third-order valence-corrected chi connectivity index (χ3v) is 4.64. The van der Waals surface area contributed by atoms with Crippen LogP contribution in [0.5, 0.6) is 11.5 Å². The number of nitrogens with one attached hydrogen (secondary N) is 2. The summed E-state index contributed by atoms with van der Waals surface area (Å²) in [7, 11) is 0. The van der Waals surface area contributed by atoms with Crippen molar-refractivity contribution in [2.75, 3.05) is 5.32 Å². The van der Waals surface area contributed by atoms with Gasteiger partial charge in [0.05, 0.1) is 0 Å². The molecule has 27 heavy (non-hydrogen) atoms. The van der Waals surface area contributed by atoms with Crippen molar-refractivity contribution in [3.05, 3.63) is 89.6 Å². The van der Waals surface area contributed by atoms with Crippen molar-refractivity contribution in [2.24, 2.45) is 0 Å². The van der Waals surface area contributed by atoms with Crippen LogP contribution in [0, 0.1) is 13.8 Å². The number of para-hydroxylation sites is 1. The number of amides is 1. The molecule has 4 aromatic rings. The van der Waals surface area contributed by atoms with Gasteiger partial charge >= 0.3 is 0 Å². The Morgan fingerprint density at radius 2 is 1.67 bits per heavy atom. The van der Waals surface area contributed by atoms with Crippen molar-refractivity contribution < 1.29 is 9.53 Å². The Hall–Kier alpha value is -3.53. The molecule has 0 aliphatic heterocycles. The van der Waals surface area contributed by atoms with Crippen LogP contribution in [0.3, 0.4) is 0 Å². The fourth-order valence-electron chi connectivity index (χ4n) is 3.07. The second-order valence-corrected chi connectivity index (χ2v) is 6.53. The summed E-state index contributed by atoms with van der Waals surface area (Å²) in [6.07, 6.45) is 0. The first-order valence-electron chi connectivity index (χ1n) is 8.83. The molecule has 0 saturated carbocycles. The van der Waals surface area contributed by atoms with Gasteiger partial charge in [-0.2, -0.15) is 0 Å². The molecule has 4 nitrogen and oxygen atoms in total. The van der Waals surface area contributed by atoms with Gasteiger partial charge in [0.2, 0.25) is 0 Å². The van der Waals surface area contributed by atoms with Crippen molar-refractivity contribution >= 4 is 22.5 Å². The number of carbonyl (C=O) groups is 1. The van der Waals surface area contributed by atoms with E-state index < -0.39 is 0 Å². The summed E-state index contributed by atoms with van der Waals surface area (Å²) in [6.45, 7) is 4.15. The number of aromatic amines is 1. The summed E-state index contributed by atoms with van der Waals surface area (Å²) in [5.41, 5.74) is 4.77. The quantitative estimate of drug-likeness (QED) is 0.483. The molecule has 3 aromatic carbocycles. The van der Waals surface area contributed by atoms with E-state index in [4.69, 9.17) is 4.74 Å². The molecule has 0 spiro atoms.